The van der Waals surface area contributed by atoms with Gasteiger partial charge in [0.15, 0.2) is 5.82 Å². The van der Waals surface area contributed by atoms with E-state index in [-0.39, 0.29) is 0 Å². The number of anilines is 1. The molecule has 2 aromatic heterocycles. The Kier molecular flexibility index (Phi) is 2.92. The van der Waals surface area contributed by atoms with Gasteiger partial charge in [0, 0.05) is 4.88 Å². The van der Waals surface area contributed by atoms with E-state index in [2.05, 4.69) is 45.5 Å². The Balaban J connectivity index is 2.55. The third kappa shape index (κ3) is 2.12. The number of nitrogen functional groups attached to an aromatic ring is 1. The van der Waals surface area contributed by atoms with E-state index in [0.29, 0.717) is 5.82 Å². The number of rotatable bonds is 1. The molecule has 5 heteroatoms. The number of hydrogen-bond acceptors (Lipinski definition) is 4. The lowest BCUT2D eigenvalue weighted by Crippen LogP contribution is -2.01. The molecule has 0 aliphatic heterocycles. The van der Waals surface area contributed by atoms with Crippen LogP contribution in [0, 0.1) is 17.4 Å². The predicted molar refractivity (Wildman–Crippen MR) is 71.9 cm³/mol. The van der Waals surface area contributed by atoms with Crippen molar-refractivity contribution in [3.05, 3.63) is 26.3 Å². The van der Waals surface area contributed by atoms with Crippen molar-refractivity contribution in [3.8, 4) is 10.7 Å². The van der Waals surface area contributed by atoms with Crippen molar-refractivity contribution >= 4 is 39.7 Å². The highest BCUT2D eigenvalue weighted by Gasteiger charge is 2.09. The van der Waals surface area contributed by atoms with Gasteiger partial charge in [-0.3, -0.25) is 0 Å². The molecule has 78 valence electrons. The number of nitrogens with zero attached hydrogens (tertiary/aromatic N) is 2. The summed E-state index contributed by atoms with van der Waals surface area (Å²) in [5.74, 6) is 1.28. The van der Waals surface area contributed by atoms with Crippen LogP contribution in [-0.2, 0) is 0 Å². The van der Waals surface area contributed by atoms with Crippen LogP contribution >= 0.6 is 33.9 Å². The molecule has 0 bridgehead atoms. The van der Waals surface area contributed by atoms with E-state index in [4.69, 9.17) is 5.73 Å². The molecular formula is C10H10IN3S. The van der Waals surface area contributed by atoms with Crippen molar-refractivity contribution < 1.29 is 0 Å². The minimum absolute atomic E-state index is 0.559. The molecule has 0 saturated carbocycles. The minimum Gasteiger partial charge on any atom is -0.383 e. The lowest BCUT2D eigenvalue weighted by Gasteiger charge is -2.03. The molecule has 15 heavy (non-hydrogen) atoms. The molecule has 0 aromatic carbocycles. The maximum absolute atomic E-state index is 5.81. The second-order valence-electron chi connectivity index (χ2n) is 3.24. The second kappa shape index (κ2) is 4.05. The van der Waals surface area contributed by atoms with E-state index < -0.39 is 0 Å². The Morgan fingerprint density at radius 3 is 2.53 bits per heavy atom. The molecule has 0 aliphatic carbocycles. The SMILES string of the molecule is Cc1ccc(-c2nc(C)c(I)c(N)n2)s1. The molecule has 2 N–H and O–H groups in total. The third-order valence-electron chi connectivity index (χ3n) is 2.00. The van der Waals surface area contributed by atoms with Crippen molar-refractivity contribution in [2.24, 2.45) is 0 Å². The van der Waals surface area contributed by atoms with Crippen LogP contribution in [0.4, 0.5) is 5.82 Å². The van der Waals surface area contributed by atoms with Crippen LogP contribution in [-0.4, -0.2) is 9.97 Å². The van der Waals surface area contributed by atoms with E-state index in [1.165, 1.54) is 4.88 Å². The Bertz CT molecular complexity index is 484. The van der Waals surface area contributed by atoms with Gasteiger partial charge in [0.1, 0.15) is 5.82 Å². The topological polar surface area (TPSA) is 51.8 Å². The largest absolute Gasteiger partial charge is 0.383 e. The van der Waals surface area contributed by atoms with Gasteiger partial charge in [0.2, 0.25) is 0 Å². The summed E-state index contributed by atoms with van der Waals surface area (Å²) in [6.07, 6.45) is 0. The van der Waals surface area contributed by atoms with Crippen LogP contribution < -0.4 is 5.73 Å². The highest BCUT2D eigenvalue weighted by Crippen LogP contribution is 2.27. The fraction of sp³-hybridized carbons (Fsp3) is 0.200. The Morgan fingerprint density at radius 2 is 2.00 bits per heavy atom. The Labute approximate surface area is 106 Å². The number of nitrogens with two attached hydrogens (primary N) is 1. The number of halogens is 1. The van der Waals surface area contributed by atoms with Gasteiger partial charge in [0.25, 0.3) is 0 Å². The number of thiophene rings is 1. The quantitative estimate of drug-likeness (QED) is 0.818. The zero-order valence-corrected chi connectivity index (χ0v) is 11.4. The van der Waals surface area contributed by atoms with Crippen LogP contribution in [0.1, 0.15) is 10.6 Å². The average molecular weight is 331 g/mol. The predicted octanol–water partition coefficient (Wildman–Crippen LogP) is 3.01. The van der Waals surface area contributed by atoms with E-state index in [9.17, 15) is 0 Å². The van der Waals surface area contributed by atoms with Gasteiger partial charge in [-0.1, -0.05) is 0 Å². The molecule has 0 radical (unpaired) electrons. The van der Waals surface area contributed by atoms with Gasteiger partial charge in [-0.15, -0.1) is 11.3 Å². The second-order valence-corrected chi connectivity index (χ2v) is 5.61. The maximum Gasteiger partial charge on any atom is 0.171 e. The first-order chi connectivity index (χ1) is 7.08. The molecule has 2 rings (SSSR count). The minimum atomic E-state index is 0.559. The summed E-state index contributed by atoms with van der Waals surface area (Å²) in [4.78, 5) is 11.0. The number of aryl methyl sites for hydroxylation is 2. The van der Waals surface area contributed by atoms with Gasteiger partial charge in [-0.25, -0.2) is 9.97 Å². The molecule has 2 heterocycles. The van der Waals surface area contributed by atoms with Crippen molar-refractivity contribution in [1.29, 1.82) is 0 Å². The standard InChI is InChI=1S/C10H10IN3S/c1-5-3-4-7(15-5)10-13-6(2)8(11)9(12)14-10/h3-4H,1-2H3,(H2,12,13,14). The average Bonchev–Trinajstić information content (AvgIpc) is 2.60. The molecule has 0 spiro atoms. The smallest absolute Gasteiger partial charge is 0.171 e. The molecule has 0 aliphatic rings. The van der Waals surface area contributed by atoms with Crippen molar-refractivity contribution in [2.45, 2.75) is 13.8 Å². The molecule has 0 saturated heterocycles. The molecule has 0 atom stereocenters. The molecule has 3 nitrogen and oxygen atoms in total. The Hall–Kier alpha value is -0.690. The first-order valence-corrected chi connectivity index (χ1v) is 6.34. The first-order valence-electron chi connectivity index (χ1n) is 4.44. The maximum atomic E-state index is 5.81. The van der Waals surface area contributed by atoms with Crippen LogP contribution in [0.15, 0.2) is 12.1 Å². The van der Waals surface area contributed by atoms with Gasteiger partial charge < -0.3 is 5.73 Å². The van der Waals surface area contributed by atoms with Crippen LogP contribution in [0.2, 0.25) is 0 Å². The van der Waals surface area contributed by atoms with Crippen LogP contribution in [0.5, 0.6) is 0 Å². The highest BCUT2D eigenvalue weighted by atomic mass is 127. The zero-order valence-electron chi connectivity index (χ0n) is 8.41. The summed E-state index contributed by atoms with van der Waals surface area (Å²) in [5.41, 5.74) is 6.75. The van der Waals surface area contributed by atoms with Crippen molar-refractivity contribution in [3.63, 3.8) is 0 Å². The fourth-order valence-electron chi connectivity index (χ4n) is 1.25. The summed E-state index contributed by atoms with van der Waals surface area (Å²) < 4.78 is 0.935. The van der Waals surface area contributed by atoms with E-state index in [0.717, 1.165) is 20.0 Å². The lowest BCUT2D eigenvalue weighted by atomic mass is 10.3. The zero-order chi connectivity index (χ0) is 11.0. The van der Waals surface area contributed by atoms with Gasteiger partial charge in [-0.05, 0) is 48.6 Å². The van der Waals surface area contributed by atoms with Crippen LogP contribution in [0.25, 0.3) is 10.7 Å². The fourth-order valence-corrected chi connectivity index (χ4v) is 2.29. The molecule has 0 fully saturated rings. The summed E-state index contributed by atoms with van der Waals surface area (Å²) in [6, 6.07) is 4.09. The molecule has 2 aromatic rings. The summed E-state index contributed by atoms with van der Waals surface area (Å²) in [6.45, 7) is 4.01. The van der Waals surface area contributed by atoms with Crippen molar-refractivity contribution in [2.75, 3.05) is 5.73 Å². The third-order valence-corrected chi connectivity index (χ3v) is 4.33. The van der Waals surface area contributed by atoms with Gasteiger partial charge >= 0.3 is 0 Å². The molecular weight excluding hydrogens is 321 g/mol. The van der Waals surface area contributed by atoms with E-state index >= 15 is 0 Å². The monoisotopic (exact) mass is 331 g/mol. The first kappa shape index (κ1) is 10.8. The summed E-state index contributed by atoms with van der Waals surface area (Å²) in [7, 11) is 0. The van der Waals surface area contributed by atoms with Crippen LogP contribution in [0.3, 0.4) is 0 Å². The van der Waals surface area contributed by atoms with Crippen molar-refractivity contribution in [1.82, 2.24) is 9.97 Å². The molecule has 0 unspecified atom stereocenters. The molecule has 0 amide bonds. The summed E-state index contributed by atoms with van der Waals surface area (Å²) in [5, 5.41) is 0. The van der Waals surface area contributed by atoms with Gasteiger partial charge in [-0.2, -0.15) is 0 Å². The normalized spacial score (nSPS) is 10.6. The van der Waals surface area contributed by atoms with E-state index in [1.54, 1.807) is 11.3 Å². The van der Waals surface area contributed by atoms with Gasteiger partial charge in [0.05, 0.1) is 14.1 Å². The van der Waals surface area contributed by atoms with E-state index in [1.807, 2.05) is 13.0 Å². The Morgan fingerprint density at radius 1 is 1.27 bits per heavy atom. The number of aromatic nitrogens is 2. The summed E-state index contributed by atoms with van der Waals surface area (Å²) >= 11 is 3.84. The highest BCUT2D eigenvalue weighted by molar-refractivity contribution is 14.1. The lowest BCUT2D eigenvalue weighted by molar-refractivity contribution is 1.11. The number of hydrogen-bond donors (Lipinski definition) is 1.